The van der Waals surface area contributed by atoms with Crippen molar-refractivity contribution in [1.82, 2.24) is 9.78 Å². The van der Waals surface area contributed by atoms with E-state index in [1.807, 2.05) is 35.1 Å². The Kier molecular flexibility index (Phi) is 3.32. The lowest BCUT2D eigenvalue weighted by Crippen LogP contribution is -2.03. The number of nitrogens with zero attached hydrogens (tertiary/aromatic N) is 2. The number of hydrogen-bond acceptors (Lipinski definition) is 3. The van der Waals surface area contributed by atoms with Crippen LogP contribution in [-0.2, 0) is 6.54 Å². The van der Waals surface area contributed by atoms with Crippen molar-refractivity contribution >= 4 is 5.69 Å². The third kappa shape index (κ3) is 3.24. The summed E-state index contributed by atoms with van der Waals surface area (Å²) in [5.74, 6) is 2.08. The molecule has 0 saturated heterocycles. The van der Waals surface area contributed by atoms with Crippen LogP contribution in [0.4, 0.5) is 5.69 Å². The van der Waals surface area contributed by atoms with E-state index in [0.29, 0.717) is 5.92 Å². The third-order valence-corrected chi connectivity index (χ3v) is 2.28. The van der Waals surface area contributed by atoms with Gasteiger partial charge in [-0.05, 0) is 30.2 Å². The Morgan fingerprint density at radius 3 is 2.59 bits per heavy atom. The van der Waals surface area contributed by atoms with Gasteiger partial charge in [0.25, 0.3) is 0 Å². The number of ether oxygens (including phenoxy) is 1. The number of aromatic nitrogens is 2. The lowest BCUT2D eigenvalue weighted by molar-refractivity contribution is 0.468. The van der Waals surface area contributed by atoms with Gasteiger partial charge in [-0.15, -0.1) is 0 Å². The molecule has 0 bridgehead atoms. The smallest absolute Gasteiger partial charge is 0.165 e. The Balaban J connectivity index is 2.03. The summed E-state index contributed by atoms with van der Waals surface area (Å²) in [7, 11) is 0. The summed E-state index contributed by atoms with van der Waals surface area (Å²) in [5, 5.41) is 4.24. The van der Waals surface area contributed by atoms with Gasteiger partial charge >= 0.3 is 0 Å². The van der Waals surface area contributed by atoms with Crippen LogP contribution in [0.15, 0.2) is 36.7 Å². The van der Waals surface area contributed by atoms with Crippen LogP contribution < -0.4 is 10.5 Å². The Labute approximate surface area is 101 Å². The standard InChI is InChI=1S/C13H17N3O/c1-10(2)8-16-9-13(7-15-16)17-12-5-3-11(14)4-6-12/h3-7,9-10H,8,14H2,1-2H3. The van der Waals surface area contributed by atoms with Crippen molar-refractivity contribution in [2.75, 3.05) is 5.73 Å². The van der Waals surface area contributed by atoms with Gasteiger partial charge in [0, 0.05) is 12.2 Å². The largest absolute Gasteiger partial charge is 0.454 e. The van der Waals surface area contributed by atoms with Crippen molar-refractivity contribution in [2.45, 2.75) is 20.4 Å². The second-order valence-electron chi connectivity index (χ2n) is 4.46. The molecule has 2 aromatic rings. The lowest BCUT2D eigenvalue weighted by Gasteiger charge is -2.04. The fraction of sp³-hybridized carbons (Fsp3) is 0.308. The summed E-state index contributed by atoms with van der Waals surface area (Å²) in [6.07, 6.45) is 3.62. The molecule has 4 heteroatoms. The molecule has 0 saturated carbocycles. The van der Waals surface area contributed by atoms with E-state index in [0.717, 1.165) is 23.7 Å². The topological polar surface area (TPSA) is 53.1 Å². The van der Waals surface area contributed by atoms with E-state index in [4.69, 9.17) is 10.5 Å². The average molecular weight is 231 g/mol. The van der Waals surface area contributed by atoms with Crippen molar-refractivity contribution in [3.05, 3.63) is 36.7 Å². The molecule has 0 radical (unpaired) electrons. The van der Waals surface area contributed by atoms with E-state index in [-0.39, 0.29) is 0 Å². The molecule has 1 aromatic carbocycles. The van der Waals surface area contributed by atoms with Gasteiger partial charge in [-0.2, -0.15) is 5.10 Å². The monoisotopic (exact) mass is 231 g/mol. The van der Waals surface area contributed by atoms with E-state index in [2.05, 4.69) is 18.9 Å². The van der Waals surface area contributed by atoms with Crippen molar-refractivity contribution in [3.8, 4) is 11.5 Å². The van der Waals surface area contributed by atoms with Gasteiger partial charge in [-0.3, -0.25) is 4.68 Å². The summed E-state index contributed by atoms with van der Waals surface area (Å²) in [4.78, 5) is 0. The zero-order chi connectivity index (χ0) is 12.3. The lowest BCUT2D eigenvalue weighted by atomic mass is 10.2. The summed E-state index contributed by atoms with van der Waals surface area (Å²) in [5.41, 5.74) is 6.34. The summed E-state index contributed by atoms with van der Waals surface area (Å²) in [6.45, 7) is 5.20. The summed E-state index contributed by atoms with van der Waals surface area (Å²) >= 11 is 0. The van der Waals surface area contributed by atoms with E-state index >= 15 is 0 Å². The molecule has 1 aromatic heterocycles. The first-order chi connectivity index (χ1) is 8.13. The molecule has 0 fully saturated rings. The van der Waals surface area contributed by atoms with Gasteiger partial charge in [0.15, 0.2) is 5.75 Å². The molecule has 1 heterocycles. The van der Waals surface area contributed by atoms with Crippen LogP contribution in [0.5, 0.6) is 11.5 Å². The van der Waals surface area contributed by atoms with Crippen LogP contribution in [0.3, 0.4) is 0 Å². The van der Waals surface area contributed by atoms with Crippen LogP contribution in [0, 0.1) is 5.92 Å². The number of nitrogen functional groups attached to an aromatic ring is 1. The van der Waals surface area contributed by atoms with Crippen molar-refractivity contribution < 1.29 is 4.74 Å². The van der Waals surface area contributed by atoms with E-state index in [1.165, 1.54) is 0 Å². The minimum Gasteiger partial charge on any atom is -0.454 e. The zero-order valence-corrected chi connectivity index (χ0v) is 10.1. The van der Waals surface area contributed by atoms with Crippen LogP contribution in [0.25, 0.3) is 0 Å². The molecular weight excluding hydrogens is 214 g/mol. The second kappa shape index (κ2) is 4.91. The van der Waals surface area contributed by atoms with E-state index < -0.39 is 0 Å². The van der Waals surface area contributed by atoms with Crippen LogP contribution in [0.1, 0.15) is 13.8 Å². The maximum absolute atomic E-state index is 5.66. The van der Waals surface area contributed by atoms with Crippen LogP contribution in [0.2, 0.25) is 0 Å². The first kappa shape index (κ1) is 11.5. The highest BCUT2D eigenvalue weighted by atomic mass is 16.5. The van der Waals surface area contributed by atoms with E-state index in [9.17, 15) is 0 Å². The summed E-state index contributed by atoms with van der Waals surface area (Å²) < 4.78 is 7.54. The molecule has 90 valence electrons. The molecule has 0 aliphatic carbocycles. The number of hydrogen-bond donors (Lipinski definition) is 1. The van der Waals surface area contributed by atoms with Gasteiger partial charge in [-0.1, -0.05) is 13.8 Å². The number of benzene rings is 1. The molecule has 2 N–H and O–H groups in total. The highest BCUT2D eigenvalue weighted by molar-refractivity contribution is 5.42. The van der Waals surface area contributed by atoms with Gasteiger partial charge in [0.2, 0.25) is 0 Å². The highest BCUT2D eigenvalue weighted by Crippen LogP contribution is 2.21. The molecule has 2 rings (SSSR count). The van der Waals surface area contributed by atoms with Gasteiger partial charge in [0.1, 0.15) is 5.75 Å². The number of nitrogens with two attached hydrogens (primary N) is 1. The zero-order valence-electron chi connectivity index (χ0n) is 10.1. The Morgan fingerprint density at radius 2 is 1.94 bits per heavy atom. The molecular formula is C13H17N3O. The minimum absolute atomic E-state index is 0.569. The van der Waals surface area contributed by atoms with Crippen molar-refractivity contribution in [1.29, 1.82) is 0 Å². The molecule has 0 aliphatic heterocycles. The predicted molar refractivity (Wildman–Crippen MR) is 68.0 cm³/mol. The SMILES string of the molecule is CC(C)Cn1cc(Oc2ccc(N)cc2)cn1. The van der Waals surface area contributed by atoms with Gasteiger partial charge in [0.05, 0.1) is 12.4 Å². The molecule has 0 unspecified atom stereocenters. The molecule has 17 heavy (non-hydrogen) atoms. The molecule has 4 nitrogen and oxygen atoms in total. The predicted octanol–water partition coefficient (Wildman–Crippen LogP) is 2.91. The second-order valence-corrected chi connectivity index (χ2v) is 4.46. The van der Waals surface area contributed by atoms with Crippen LogP contribution >= 0.6 is 0 Å². The Morgan fingerprint density at radius 1 is 1.24 bits per heavy atom. The Bertz CT molecular complexity index is 474. The molecule has 0 amide bonds. The first-order valence-electron chi connectivity index (χ1n) is 5.69. The van der Waals surface area contributed by atoms with Crippen LogP contribution in [-0.4, -0.2) is 9.78 Å². The van der Waals surface area contributed by atoms with Gasteiger partial charge in [-0.25, -0.2) is 0 Å². The molecule has 0 spiro atoms. The fourth-order valence-electron chi connectivity index (χ4n) is 1.54. The highest BCUT2D eigenvalue weighted by Gasteiger charge is 2.02. The van der Waals surface area contributed by atoms with Crippen molar-refractivity contribution in [2.24, 2.45) is 5.92 Å². The average Bonchev–Trinajstić information content (AvgIpc) is 2.68. The number of anilines is 1. The quantitative estimate of drug-likeness (QED) is 0.823. The fourth-order valence-corrected chi connectivity index (χ4v) is 1.54. The minimum atomic E-state index is 0.569. The Hall–Kier alpha value is -1.97. The molecule has 0 atom stereocenters. The number of rotatable bonds is 4. The molecule has 0 aliphatic rings. The third-order valence-electron chi connectivity index (χ3n) is 2.28. The van der Waals surface area contributed by atoms with Gasteiger partial charge < -0.3 is 10.5 Å². The van der Waals surface area contributed by atoms with Crippen molar-refractivity contribution in [3.63, 3.8) is 0 Å². The van der Waals surface area contributed by atoms with E-state index in [1.54, 1.807) is 6.20 Å². The summed E-state index contributed by atoms with van der Waals surface area (Å²) in [6, 6.07) is 7.31. The normalized spacial score (nSPS) is 10.8. The maximum Gasteiger partial charge on any atom is 0.165 e. The maximum atomic E-state index is 5.66. The first-order valence-corrected chi connectivity index (χ1v) is 5.69.